The fraction of sp³-hybridized carbons (Fsp3) is 0.667. The average molecular weight is 202 g/mol. The zero-order valence-corrected chi connectivity index (χ0v) is 8.04. The van der Waals surface area contributed by atoms with Crippen LogP contribution in [0.2, 0.25) is 0 Å². The second-order valence-electron chi connectivity index (χ2n) is 3.41. The molecule has 80 valence electrons. The van der Waals surface area contributed by atoms with Crippen LogP contribution in [-0.2, 0) is 9.53 Å². The van der Waals surface area contributed by atoms with Crippen LogP contribution in [-0.4, -0.2) is 45.7 Å². The number of esters is 1. The van der Waals surface area contributed by atoms with Gasteiger partial charge in [-0.25, -0.2) is 4.79 Å². The van der Waals surface area contributed by atoms with Crippen molar-refractivity contribution in [2.45, 2.75) is 38.3 Å². The number of hydrogen-bond acceptors (Lipinski definition) is 5. The molecule has 0 unspecified atom stereocenters. The molecule has 0 saturated carbocycles. The van der Waals surface area contributed by atoms with Crippen LogP contribution < -0.4 is 0 Å². The maximum absolute atomic E-state index is 11.1. The zero-order valence-electron chi connectivity index (χ0n) is 8.04. The van der Waals surface area contributed by atoms with E-state index >= 15 is 0 Å². The molecular weight excluding hydrogens is 188 g/mol. The molecule has 1 rings (SSSR count). The van der Waals surface area contributed by atoms with Crippen molar-refractivity contribution in [2.24, 2.45) is 0 Å². The molecule has 0 aromatic carbocycles. The molecule has 0 bridgehead atoms. The minimum absolute atomic E-state index is 0.00546. The lowest BCUT2D eigenvalue weighted by Crippen LogP contribution is -2.38. The van der Waals surface area contributed by atoms with Crippen molar-refractivity contribution in [2.75, 3.05) is 0 Å². The Hall–Kier alpha value is -0.910. The molecule has 0 amide bonds. The molecule has 0 aliphatic carbocycles. The van der Waals surface area contributed by atoms with E-state index in [1.165, 1.54) is 13.0 Å². The number of aliphatic hydroxyl groups excluding tert-OH is 3. The van der Waals surface area contributed by atoms with Crippen molar-refractivity contribution >= 4 is 5.97 Å². The predicted molar refractivity (Wildman–Crippen MR) is 47.3 cm³/mol. The van der Waals surface area contributed by atoms with Gasteiger partial charge in [-0.15, -0.1) is 0 Å². The summed E-state index contributed by atoms with van der Waals surface area (Å²) in [4.78, 5) is 11.1. The molecule has 4 atom stereocenters. The first-order valence-electron chi connectivity index (χ1n) is 4.40. The van der Waals surface area contributed by atoms with Crippen molar-refractivity contribution < 1.29 is 24.9 Å². The quantitative estimate of drug-likeness (QED) is 0.509. The lowest BCUT2D eigenvalue weighted by molar-refractivity contribution is -0.141. The van der Waals surface area contributed by atoms with Gasteiger partial charge in [0.25, 0.3) is 0 Å². The number of carbonyl (C=O) groups excluding carboxylic acids is 1. The molecule has 5 nitrogen and oxygen atoms in total. The second-order valence-corrected chi connectivity index (χ2v) is 3.41. The summed E-state index contributed by atoms with van der Waals surface area (Å²) in [6, 6.07) is 0. The molecular formula is C9H14O5. The van der Waals surface area contributed by atoms with E-state index < -0.39 is 30.4 Å². The van der Waals surface area contributed by atoms with Crippen LogP contribution in [0.25, 0.3) is 0 Å². The number of hydrogen-bond donors (Lipinski definition) is 3. The highest BCUT2D eigenvalue weighted by molar-refractivity contribution is 5.92. The monoisotopic (exact) mass is 202 g/mol. The van der Waals surface area contributed by atoms with Crippen molar-refractivity contribution in [3.05, 3.63) is 11.6 Å². The zero-order chi connectivity index (χ0) is 10.9. The maximum Gasteiger partial charge on any atom is 0.337 e. The van der Waals surface area contributed by atoms with E-state index in [0.717, 1.165) is 0 Å². The molecule has 1 aliphatic heterocycles. The van der Waals surface area contributed by atoms with Crippen molar-refractivity contribution in [3.63, 3.8) is 0 Å². The Balaban J connectivity index is 2.74. The minimum atomic E-state index is -1.40. The summed E-state index contributed by atoms with van der Waals surface area (Å²) in [6.07, 6.45) is -2.84. The van der Waals surface area contributed by atoms with Crippen molar-refractivity contribution in [1.29, 1.82) is 0 Å². The Morgan fingerprint density at radius 2 is 2.00 bits per heavy atom. The van der Waals surface area contributed by atoms with E-state index in [9.17, 15) is 15.0 Å². The highest BCUT2D eigenvalue weighted by atomic mass is 16.5. The highest BCUT2D eigenvalue weighted by Gasteiger charge is 2.33. The average Bonchev–Trinajstić information content (AvgIpc) is 2.42. The summed E-state index contributed by atoms with van der Waals surface area (Å²) in [6.45, 7) is 2.98. The van der Waals surface area contributed by atoms with E-state index in [0.29, 0.717) is 0 Å². The number of aliphatic hydroxyl groups is 3. The third kappa shape index (κ3) is 2.12. The van der Waals surface area contributed by atoms with E-state index in [-0.39, 0.29) is 5.57 Å². The van der Waals surface area contributed by atoms with Gasteiger partial charge in [-0.3, -0.25) is 0 Å². The normalized spacial score (nSPS) is 27.9. The van der Waals surface area contributed by atoms with E-state index in [2.05, 4.69) is 0 Å². The lowest BCUT2D eigenvalue weighted by Gasteiger charge is -2.19. The molecule has 0 radical (unpaired) electrons. The standard InChI is InChI=1S/C9H14O5/c1-4-3-6(9(13)14-4)8(12)7(11)5(2)10/h3-5,7-8,10-12H,1-2H3/t4-,5-,7+,8+/m1/s1. The van der Waals surface area contributed by atoms with Gasteiger partial charge in [0, 0.05) is 0 Å². The minimum Gasteiger partial charge on any atom is -0.455 e. The van der Waals surface area contributed by atoms with Crippen molar-refractivity contribution in [1.82, 2.24) is 0 Å². The second kappa shape index (κ2) is 4.08. The summed E-state index contributed by atoms with van der Waals surface area (Å²) in [5.74, 6) is -0.648. The summed E-state index contributed by atoms with van der Waals surface area (Å²) >= 11 is 0. The molecule has 0 fully saturated rings. The molecule has 0 aromatic heterocycles. The van der Waals surface area contributed by atoms with E-state index in [1.807, 2.05) is 0 Å². The molecule has 0 spiro atoms. The molecule has 3 N–H and O–H groups in total. The Morgan fingerprint density at radius 3 is 2.36 bits per heavy atom. The fourth-order valence-corrected chi connectivity index (χ4v) is 1.26. The van der Waals surface area contributed by atoms with Crippen LogP contribution in [0.3, 0.4) is 0 Å². The third-order valence-electron chi connectivity index (χ3n) is 2.08. The molecule has 0 saturated heterocycles. The highest BCUT2D eigenvalue weighted by Crippen LogP contribution is 2.19. The number of carbonyl (C=O) groups is 1. The third-order valence-corrected chi connectivity index (χ3v) is 2.08. The summed E-state index contributed by atoms with van der Waals surface area (Å²) in [7, 11) is 0. The van der Waals surface area contributed by atoms with E-state index in [1.54, 1.807) is 6.92 Å². The van der Waals surface area contributed by atoms with Gasteiger partial charge in [0.05, 0.1) is 11.7 Å². The summed E-state index contributed by atoms with van der Waals surface area (Å²) < 4.78 is 4.74. The first-order chi connectivity index (χ1) is 6.43. The van der Waals surface area contributed by atoms with Gasteiger partial charge in [-0.2, -0.15) is 0 Å². The smallest absolute Gasteiger partial charge is 0.337 e. The molecule has 5 heteroatoms. The predicted octanol–water partition coefficient (Wildman–Crippen LogP) is -1.04. The molecule has 0 aromatic rings. The maximum atomic E-state index is 11.1. The van der Waals surface area contributed by atoms with Gasteiger partial charge in [0.15, 0.2) is 0 Å². The Morgan fingerprint density at radius 1 is 1.43 bits per heavy atom. The van der Waals surface area contributed by atoms with Crippen LogP contribution >= 0.6 is 0 Å². The number of cyclic esters (lactones) is 1. The van der Waals surface area contributed by atoms with Gasteiger partial charge in [-0.1, -0.05) is 0 Å². The number of rotatable bonds is 3. The van der Waals surface area contributed by atoms with Crippen LogP contribution in [0.15, 0.2) is 11.6 Å². The Bertz CT molecular complexity index is 258. The topological polar surface area (TPSA) is 87.0 Å². The van der Waals surface area contributed by atoms with Gasteiger partial charge < -0.3 is 20.1 Å². The Kier molecular flexibility index (Phi) is 3.25. The van der Waals surface area contributed by atoms with Crippen LogP contribution in [0, 0.1) is 0 Å². The van der Waals surface area contributed by atoms with E-state index in [4.69, 9.17) is 9.84 Å². The summed E-state index contributed by atoms with van der Waals surface area (Å²) in [5.41, 5.74) is 0.00546. The Labute approximate surface area is 81.6 Å². The number of ether oxygens (including phenoxy) is 1. The lowest BCUT2D eigenvalue weighted by atomic mass is 10.0. The van der Waals surface area contributed by atoms with Gasteiger partial charge in [-0.05, 0) is 19.9 Å². The molecule has 1 aliphatic rings. The SMILES string of the molecule is C[C@@H]1C=C([C@H](O)[C@@H](O)[C@@H](C)O)C(=O)O1. The van der Waals surface area contributed by atoms with Crippen LogP contribution in [0.1, 0.15) is 13.8 Å². The first kappa shape index (κ1) is 11.2. The van der Waals surface area contributed by atoms with Crippen LogP contribution in [0.5, 0.6) is 0 Å². The molecule has 14 heavy (non-hydrogen) atoms. The largest absolute Gasteiger partial charge is 0.455 e. The molecule has 1 heterocycles. The summed E-state index contributed by atoms with van der Waals surface area (Å²) in [5, 5.41) is 27.8. The van der Waals surface area contributed by atoms with Crippen LogP contribution in [0.4, 0.5) is 0 Å². The fourth-order valence-electron chi connectivity index (χ4n) is 1.26. The first-order valence-corrected chi connectivity index (χ1v) is 4.40. The van der Waals surface area contributed by atoms with Crippen molar-refractivity contribution in [3.8, 4) is 0 Å². The van der Waals surface area contributed by atoms with Gasteiger partial charge in [0.2, 0.25) is 0 Å². The van der Waals surface area contributed by atoms with Gasteiger partial charge >= 0.3 is 5.97 Å². The van der Waals surface area contributed by atoms with Gasteiger partial charge in [0.1, 0.15) is 18.3 Å².